The van der Waals surface area contributed by atoms with Gasteiger partial charge in [-0.2, -0.15) is 4.31 Å². The lowest BCUT2D eigenvalue weighted by Crippen LogP contribution is -2.41. The summed E-state index contributed by atoms with van der Waals surface area (Å²) < 4.78 is 32.8. The van der Waals surface area contributed by atoms with Gasteiger partial charge in [-0.05, 0) is 56.4 Å². The van der Waals surface area contributed by atoms with E-state index in [0.717, 1.165) is 24.9 Å². The first-order valence-corrected chi connectivity index (χ1v) is 10.4. The number of hydrogen-bond donors (Lipinski definition) is 0. The zero-order valence-electron chi connectivity index (χ0n) is 14.7. The van der Waals surface area contributed by atoms with E-state index in [1.807, 2.05) is 6.92 Å². The fraction of sp³-hybridized carbons (Fsp3) is 0.611. The summed E-state index contributed by atoms with van der Waals surface area (Å²) >= 11 is 0. The molecule has 0 aliphatic carbocycles. The number of amides is 1. The number of carbonyl (C=O) groups excluding carboxylic acids is 1. The van der Waals surface area contributed by atoms with Gasteiger partial charge in [-0.15, -0.1) is 0 Å². The van der Waals surface area contributed by atoms with Gasteiger partial charge < -0.3 is 9.64 Å². The monoisotopic (exact) mass is 366 g/mol. The van der Waals surface area contributed by atoms with Gasteiger partial charge in [0.25, 0.3) is 0 Å². The van der Waals surface area contributed by atoms with Crippen LogP contribution in [0.4, 0.5) is 5.69 Å². The number of benzene rings is 1. The number of anilines is 1. The quantitative estimate of drug-likeness (QED) is 0.774. The van der Waals surface area contributed by atoms with Crippen LogP contribution in [0.2, 0.25) is 0 Å². The average Bonchev–Trinajstić information content (AvgIpc) is 3.06. The molecule has 0 N–H and O–H groups in total. The first-order valence-electron chi connectivity index (χ1n) is 9.00. The minimum Gasteiger partial charge on any atom is -0.381 e. The summed E-state index contributed by atoms with van der Waals surface area (Å²) in [5.74, 6) is 0.357. The summed E-state index contributed by atoms with van der Waals surface area (Å²) in [6, 6.07) is 6.69. The third-order valence-electron chi connectivity index (χ3n) is 4.90. The molecule has 25 heavy (non-hydrogen) atoms. The second-order valence-corrected chi connectivity index (χ2v) is 8.61. The number of nitrogens with zero attached hydrogens (tertiary/aromatic N) is 2. The largest absolute Gasteiger partial charge is 0.381 e. The Balaban J connectivity index is 1.72. The molecule has 2 aliphatic heterocycles. The van der Waals surface area contributed by atoms with Gasteiger partial charge in [0.2, 0.25) is 15.9 Å². The Morgan fingerprint density at radius 2 is 1.92 bits per heavy atom. The molecule has 138 valence electrons. The Morgan fingerprint density at radius 1 is 1.16 bits per heavy atom. The molecule has 0 radical (unpaired) electrons. The van der Waals surface area contributed by atoms with Crippen molar-refractivity contribution in [3.63, 3.8) is 0 Å². The van der Waals surface area contributed by atoms with Crippen molar-refractivity contribution in [3.8, 4) is 0 Å². The van der Waals surface area contributed by atoms with E-state index in [1.54, 1.807) is 33.5 Å². The number of hydrogen-bond acceptors (Lipinski definition) is 4. The molecule has 1 aromatic carbocycles. The maximum atomic E-state index is 12.9. The van der Waals surface area contributed by atoms with E-state index in [9.17, 15) is 13.2 Å². The van der Waals surface area contributed by atoms with E-state index >= 15 is 0 Å². The van der Waals surface area contributed by atoms with E-state index in [1.165, 1.54) is 0 Å². The van der Waals surface area contributed by atoms with Crippen molar-refractivity contribution in [2.24, 2.45) is 5.92 Å². The van der Waals surface area contributed by atoms with Crippen LogP contribution in [0.15, 0.2) is 29.2 Å². The zero-order chi connectivity index (χ0) is 17.9. The van der Waals surface area contributed by atoms with Crippen LogP contribution in [0.3, 0.4) is 0 Å². The molecular formula is C18H26N2O4S. The van der Waals surface area contributed by atoms with Gasteiger partial charge in [0.15, 0.2) is 0 Å². The highest BCUT2D eigenvalue weighted by molar-refractivity contribution is 7.89. The summed E-state index contributed by atoms with van der Waals surface area (Å²) in [4.78, 5) is 13.8. The molecule has 0 spiro atoms. The lowest BCUT2D eigenvalue weighted by Gasteiger charge is -2.31. The van der Waals surface area contributed by atoms with E-state index in [4.69, 9.17) is 4.74 Å². The van der Waals surface area contributed by atoms with Crippen LogP contribution < -0.4 is 4.90 Å². The lowest BCUT2D eigenvalue weighted by molar-refractivity contribution is -0.117. The van der Waals surface area contributed by atoms with E-state index in [0.29, 0.717) is 44.2 Å². The molecule has 0 saturated carbocycles. The van der Waals surface area contributed by atoms with Gasteiger partial charge in [0, 0.05) is 38.3 Å². The third kappa shape index (κ3) is 4.04. The minimum atomic E-state index is -3.50. The molecule has 2 fully saturated rings. The van der Waals surface area contributed by atoms with Crippen molar-refractivity contribution < 1.29 is 17.9 Å². The topological polar surface area (TPSA) is 66.9 Å². The summed E-state index contributed by atoms with van der Waals surface area (Å²) in [6.45, 7) is 4.98. The number of ether oxygens (including phenoxy) is 1. The first-order chi connectivity index (χ1) is 12.0. The van der Waals surface area contributed by atoms with Gasteiger partial charge in [-0.1, -0.05) is 0 Å². The molecule has 1 atom stereocenters. The molecule has 1 aromatic rings. The Bertz CT molecular complexity index is 702. The van der Waals surface area contributed by atoms with Crippen molar-refractivity contribution in [2.75, 3.05) is 37.7 Å². The van der Waals surface area contributed by atoms with Gasteiger partial charge in [-0.25, -0.2) is 8.42 Å². The van der Waals surface area contributed by atoms with Crippen molar-refractivity contribution in [3.05, 3.63) is 24.3 Å². The fourth-order valence-electron chi connectivity index (χ4n) is 3.53. The molecule has 6 nitrogen and oxygen atoms in total. The molecule has 1 unspecified atom stereocenters. The molecular weight excluding hydrogens is 340 g/mol. The van der Waals surface area contributed by atoms with Crippen molar-refractivity contribution >= 4 is 21.6 Å². The van der Waals surface area contributed by atoms with Crippen LogP contribution in [0.25, 0.3) is 0 Å². The normalized spacial score (nSPS) is 22.5. The van der Waals surface area contributed by atoms with Gasteiger partial charge in [-0.3, -0.25) is 4.79 Å². The van der Waals surface area contributed by atoms with Crippen LogP contribution in [0, 0.1) is 5.92 Å². The first kappa shape index (κ1) is 18.4. The maximum Gasteiger partial charge on any atom is 0.243 e. The summed E-state index contributed by atoms with van der Waals surface area (Å²) in [5.41, 5.74) is 0.773. The molecule has 2 saturated heterocycles. The summed E-state index contributed by atoms with van der Waals surface area (Å²) in [5, 5.41) is 0. The van der Waals surface area contributed by atoms with Gasteiger partial charge >= 0.3 is 0 Å². The SMILES string of the molecule is CCOCC1CCCN(S(=O)(=O)c2ccc(N3CCCC3=O)cc2)C1. The van der Waals surface area contributed by atoms with Crippen LogP contribution in [0.5, 0.6) is 0 Å². The zero-order valence-corrected chi connectivity index (χ0v) is 15.5. The second kappa shape index (κ2) is 7.85. The summed E-state index contributed by atoms with van der Waals surface area (Å²) in [6.07, 6.45) is 3.28. The van der Waals surface area contributed by atoms with E-state index < -0.39 is 10.0 Å². The molecule has 0 bridgehead atoms. The molecule has 2 aliphatic rings. The number of carbonyl (C=O) groups is 1. The minimum absolute atomic E-state index is 0.102. The van der Waals surface area contributed by atoms with E-state index in [-0.39, 0.29) is 11.8 Å². The van der Waals surface area contributed by atoms with E-state index in [2.05, 4.69) is 0 Å². The number of rotatable bonds is 6. The smallest absolute Gasteiger partial charge is 0.243 e. The van der Waals surface area contributed by atoms with Gasteiger partial charge in [0.1, 0.15) is 0 Å². The van der Waals surface area contributed by atoms with Crippen LogP contribution in [-0.2, 0) is 19.6 Å². The third-order valence-corrected chi connectivity index (χ3v) is 6.78. The van der Waals surface area contributed by atoms with Crippen LogP contribution >= 0.6 is 0 Å². The maximum absolute atomic E-state index is 12.9. The van der Waals surface area contributed by atoms with Crippen LogP contribution in [0.1, 0.15) is 32.6 Å². The Labute approximate surface area is 149 Å². The predicted molar refractivity (Wildman–Crippen MR) is 96.0 cm³/mol. The number of piperidine rings is 1. The number of sulfonamides is 1. The molecule has 2 heterocycles. The summed E-state index contributed by atoms with van der Waals surface area (Å²) in [7, 11) is -3.50. The van der Waals surface area contributed by atoms with Crippen molar-refractivity contribution in [1.29, 1.82) is 0 Å². The molecule has 3 rings (SSSR count). The van der Waals surface area contributed by atoms with Crippen molar-refractivity contribution in [2.45, 2.75) is 37.5 Å². The highest BCUT2D eigenvalue weighted by Crippen LogP contribution is 2.27. The Hall–Kier alpha value is -1.44. The lowest BCUT2D eigenvalue weighted by atomic mass is 10.0. The molecule has 7 heteroatoms. The van der Waals surface area contributed by atoms with Gasteiger partial charge in [0.05, 0.1) is 11.5 Å². The Morgan fingerprint density at radius 3 is 2.56 bits per heavy atom. The molecule has 0 aromatic heterocycles. The molecule has 1 amide bonds. The fourth-order valence-corrected chi connectivity index (χ4v) is 5.09. The highest BCUT2D eigenvalue weighted by Gasteiger charge is 2.30. The average molecular weight is 366 g/mol. The van der Waals surface area contributed by atoms with Crippen LogP contribution in [-0.4, -0.2) is 51.5 Å². The Kier molecular flexibility index (Phi) is 5.76. The second-order valence-electron chi connectivity index (χ2n) is 6.67. The highest BCUT2D eigenvalue weighted by atomic mass is 32.2. The van der Waals surface area contributed by atoms with Crippen molar-refractivity contribution in [1.82, 2.24) is 4.31 Å². The standard InChI is InChI=1S/C18H26N2O4S/c1-2-24-14-15-5-3-11-19(13-15)25(22,23)17-9-7-16(8-10-17)20-12-4-6-18(20)21/h7-10,15H,2-6,11-14H2,1H3. The predicted octanol–water partition coefficient (Wildman–Crippen LogP) is 2.25.